The Balaban J connectivity index is 2.29. The predicted octanol–water partition coefficient (Wildman–Crippen LogP) is 13.0. The molecular formula is C56H103NO8. The quantitative estimate of drug-likeness (QED) is 0.0261. The molecule has 9 nitrogen and oxygen atoms in total. The smallest absolute Gasteiger partial charge is 0.220 e. The summed E-state index contributed by atoms with van der Waals surface area (Å²) in [6.07, 6.45) is 53.1. The van der Waals surface area contributed by atoms with E-state index in [1.54, 1.807) is 6.08 Å². The topological polar surface area (TPSA) is 149 Å². The molecule has 0 radical (unpaired) electrons. The maximum atomic E-state index is 13.0. The van der Waals surface area contributed by atoms with Crippen LogP contribution in [0, 0.1) is 0 Å². The zero-order valence-corrected chi connectivity index (χ0v) is 42.0. The molecule has 0 aromatic rings. The van der Waals surface area contributed by atoms with Crippen LogP contribution >= 0.6 is 0 Å². The fraction of sp³-hybridized carbons (Fsp3) is 0.839. The molecule has 6 N–H and O–H groups in total. The summed E-state index contributed by atoms with van der Waals surface area (Å²) >= 11 is 0. The van der Waals surface area contributed by atoms with Crippen LogP contribution in [0.25, 0.3) is 0 Å². The molecule has 1 saturated heterocycles. The van der Waals surface area contributed by atoms with E-state index < -0.39 is 49.5 Å². The van der Waals surface area contributed by atoms with E-state index in [0.717, 1.165) is 57.8 Å². The van der Waals surface area contributed by atoms with Crippen molar-refractivity contribution in [2.24, 2.45) is 0 Å². The van der Waals surface area contributed by atoms with Crippen molar-refractivity contribution in [1.29, 1.82) is 0 Å². The highest BCUT2D eigenvalue weighted by Gasteiger charge is 2.44. The lowest BCUT2D eigenvalue weighted by molar-refractivity contribution is -0.302. The lowest BCUT2D eigenvalue weighted by Gasteiger charge is -2.40. The number of carbonyl (C=O) groups is 1. The molecule has 0 aliphatic carbocycles. The van der Waals surface area contributed by atoms with Crippen LogP contribution in [-0.2, 0) is 14.3 Å². The van der Waals surface area contributed by atoms with Crippen LogP contribution in [-0.4, -0.2) is 87.5 Å². The molecule has 65 heavy (non-hydrogen) atoms. The largest absolute Gasteiger partial charge is 0.394 e. The average molecular weight is 918 g/mol. The number of allylic oxidation sites excluding steroid dienone is 7. The number of unbranched alkanes of at least 4 members (excludes halogenated alkanes) is 30. The van der Waals surface area contributed by atoms with Gasteiger partial charge >= 0.3 is 0 Å². The first-order chi connectivity index (χ1) is 31.8. The number of ether oxygens (including phenoxy) is 2. The summed E-state index contributed by atoms with van der Waals surface area (Å²) in [7, 11) is 0. The van der Waals surface area contributed by atoms with Crippen molar-refractivity contribution in [1.82, 2.24) is 5.32 Å². The molecule has 0 aromatic carbocycles. The molecule has 1 fully saturated rings. The third-order valence-electron chi connectivity index (χ3n) is 12.9. The lowest BCUT2D eigenvalue weighted by atomic mass is 9.99. The van der Waals surface area contributed by atoms with Crippen molar-refractivity contribution >= 4 is 5.91 Å². The number of rotatable bonds is 46. The van der Waals surface area contributed by atoms with Gasteiger partial charge in [-0.05, 0) is 64.2 Å². The first-order valence-electron chi connectivity index (χ1n) is 27.4. The maximum Gasteiger partial charge on any atom is 0.220 e. The van der Waals surface area contributed by atoms with Crippen molar-refractivity contribution in [3.8, 4) is 0 Å². The van der Waals surface area contributed by atoms with Crippen molar-refractivity contribution in [3.63, 3.8) is 0 Å². The monoisotopic (exact) mass is 918 g/mol. The first kappa shape index (κ1) is 61.2. The standard InChI is InChI=1S/C56H103NO8/c1-3-5-7-9-11-13-15-17-19-21-23-24-25-26-27-28-29-31-33-35-37-39-41-43-45-50(59)49(48-64-56-55(63)54(62)53(61)51(47-58)65-56)57-52(60)46-44-42-40-38-36-34-32-30-22-20-18-16-14-12-10-8-6-4-2/h14,16,20,22,35,37,43,45,49-51,53-56,58-59,61-63H,3-13,15,17-19,21,23-34,36,38-42,44,46-48H2,1-2H3,(H,57,60)/b16-14-,22-20-,37-35+,45-43+. The van der Waals surface area contributed by atoms with E-state index in [9.17, 15) is 30.3 Å². The molecule has 1 heterocycles. The number of aliphatic hydroxyl groups excluding tert-OH is 5. The fourth-order valence-electron chi connectivity index (χ4n) is 8.50. The summed E-state index contributed by atoms with van der Waals surface area (Å²) in [6, 6.07) is -0.827. The van der Waals surface area contributed by atoms with Crippen LogP contribution in [0.3, 0.4) is 0 Å². The van der Waals surface area contributed by atoms with Gasteiger partial charge in [0.2, 0.25) is 5.91 Å². The third kappa shape index (κ3) is 35.9. The van der Waals surface area contributed by atoms with Gasteiger partial charge in [0.1, 0.15) is 24.4 Å². The fourth-order valence-corrected chi connectivity index (χ4v) is 8.50. The highest BCUT2D eigenvalue weighted by molar-refractivity contribution is 5.76. The Bertz CT molecular complexity index is 1160. The second-order valence-electron chi connectivity index (χ2n) is 19.0. The minimum Gasteiger partial charge on any atom is -0.394 e. The maximum absolute atomic E-state index is 13.0. The highest BCUT2D eigenvalue weighted by Crippen LogP contribution is 2.23. The molecular weight excluding hydrogens is 815 g/mol. The van der Waals surface area contributed by atoms with E-state index in [2.05, 4.69) is 55.6 Å². The highest BCUT2D eigenvalue weighted by atomic mass is 16.7. The first-order valence-corrected chi connectivity index (χ1v) is 27.4. The van der Waals surface area contributed by atoms with Crippen LogP contribution in [0.4, 0.5) is 0 Å². The molecule has 380 valence electrons. The summed E-state index contributed by atoms with van der Waals surface area (Å²) in [4.78, 5) is 13.0. The summed E-state index contributed by atoms with van der Waals surface area (Å²) < 4.78 is 11.2. The van der Waals surface area contributed by atoms with Crippen molar-refractivity contribution < 1.29 is 39.8 Å². The summed E-state index contributed by atoms with van der Waals surface area (Å²) in [6.45, 7) is 3.76. The van der Waals surface area contributed by atoms with Gasteiger partial charge in [0.05, 0.1) is 25.4 Å². The number of hydrogen-bond donors (Lipinski definition) is 6. The van der Waals surface area contributed by atoms with E-state index in [-0.39, 0.29) is 12.5 Å². The van der Waals surface area contributed by atoms with Crippen LogP contribution in [0.2, 0.25) is 0 Å². The Morgan fingerprint density at radius 3 is 1.40 bits per heavy atom. The molecule has 7 unspecified atom stereocenters. The summed E-state index contributed by atoms with van der Waals surface area (Å²) in [5, 5.41) is 54.4. The second-order valence-corrected chi connectivity index (χ2v) is 19.0. The molecule has 1 aliphatic heterocycles. The van der Waals surface area contributed by atoms with E-state index in [1.165, 1.54) is 167 Å². The number of amides is 1. The predicted molar refractivity (Wildman–Crippen MR) is 272 cm³/mol. The van der Waals surface area contributed by atoms with E-state index in [4.69, 9.17) is 9.47 Å². The molecule has 0 bridgehead atoms. The Hall–Kier alpha value is -1.85. The van der Waals surface area contributed by atoms with Gasteiger partial charge in [-0.15, -0.1) is 0 Å². The number of nitrogens with one attached hydrogen (secondary N) is 1. The molecule has 7 atom stereocenters. The Labute approximate surface area is 399 Å². The normalized spacial score (nSPS) is 20.3. The van der Waals surface area contributed by atoms with Crippen molar-refractivity contribution in [3.05, 3.63) is 48.6 Å². The van der Waals surface area contributed by atoms with Crippen LogP contribution in [0.15, 0.2) is 48.6 Å². The number of aliphatic hydroxyl groups is 5. The van der Waals surface area contributed by atoms with E-state index in [1.807, 2.05) is 6.08 Å². The molecule has 0 saturated carbocycles. The van der Waals surface area contributed by atoms with Crippen LogP contribution in [0.1, 0.15) is 245 Å². The van der Waals surface area contributed by atoms with Gasteiger partial charge in [-0.3, -0.25) is 4.79 Å². The van der Waals surface area contributed by atoms with Gasteiger partial charge < -0.3 is 40.3 Å². The molecule has 0 aromatic heterocycles. The third-order valence-corrected chi connectivity index (χ3v) is 12.9. The minimum atomic E-state index is -1.57. The van der Waals surface area contributed by atoms with Gasteiger partial charge in [0, 0.05) is 6.42 Å². The van der Waals surface area contributed by atoms with Crippen molar-refractivity contribution in [2.75, 3.05) is 13.2 Å². The molecule has 0 spiro atoms. The van der Waals surface area contributed by atoms with E-state index >= 15 is 0 Å². The van der Waals surface area contributed by atoms with Gasteiger partial charge in [-0.25, -0.2) is 0 Å². The van der Waals surface area contributed by atoms with Crippen molar-refractivity contribution in [2.45, 2.75) is 288 Å². The minimum absolute atomic E-state index is 0.194. The van der Waals surface area contributed by atoms with Gasteiger partial charge in [0.25, 0.3) is 0 Å². The van der Waals surface area contributed by atoms with Gasteiger partial charge in [-0.1, -0.05) is 223 Å². The lowest BCUT2D eigenvalue weighted by Crippen LogP contribution is -2.60. The number of carbonyl (C=O) groups excluding carboxylic acids is 1. The molecule has 1 rings (SSSR count). The van der Waals surface area contributed by atoms with Crippen LogP contribution in [0.5, 0.6) is 0 Å². The Kier molecular flexibility index (Phi) is 43.2. The summed E-state index contributed by atoms with van der Waals surface area (Å²) in [5.41, 5.74) is 0. The Morgan fingerprint density at radius 2 is 0.923 bits per heavy atom. The van der Waals surface area contributed by atoms with Crippen LogP contribution < -0.4 is 5.32 Å². The molecule has 9 heteroatoms. The Morgan fingerprint density at radius 1 is 0.523 bits per heavy atom. The SMILES string of the molecule is CCCCCC/C=C\C/C=C\CCCCCCCCCC(=O)NC(COC1OC(CO)C(O)C(O)C1O)C(O)/C=C/CC/C=C/CCCCCCCCCCCCCCCCCCCC. The summed E-state index contributed by atoms with van der Waals surface area (Å²) in [5.74, 6) is -0.194. The van der Waals surface area contributed by atoms with Gasteiger partial charge in [-0.2, -0.15) is 0 Å². The zero-order chi connectivity index (χ0) is 47.3. The average Bonchev–Trinajstić information content (AvgIpc) is 3.31. The molecule has 1 amide bonds. The number of hydrogen-bond acceptors (Lipinski definition) is 8. The second kappa shape index (κ2) is 45.9. The zero-order valence-electron chi connectivity index (χ0n) is 42.0. The van der Waals surface area contributed by atoms with Gasteiger partial charge in [0.15, 0.2) is 6.29 Å². The molecule has 1 aliphatic rings. The van der Waals surface area contributed by atoms with E-state index in [0.29, 0.717) is 6.42 Å².